The third-order valence-electron chi connectivity index (χ3n) is 3.36. The van der Waals surface area contributed by atoms with Crippen molar-refractivity contribution >= 4 is 5.97 Å². The normalized spacial score (nSPS) is 10.3. The molecule has 0 heterocycles. The summed E-state index contributed by atoms with van der Waals surface area (Å²) in [4.78, 5) is 11.7. The minimum absolute atomic E-state index is 0.105. The molecular formula is C20H24O4. The SMILES string of the molecule is Cc1cc(C)cc(OCCOC(=O)COc2cc(C)cc(C)c2)c1. The van der Waals surface area contributed by atoms with Crippen LogP contribution in [-0.4, -0.2) is 25.8 Å². The quantitative estimate of drug-likeness (QED) is 0.571. The van der Waals surface area contributed by atoms with E-state index in [0.717, 1.165) is 28.0 Å². The molecule has 0 radical (unpaired) electrons. The maximum absolute atomic E-state index is 11.7. The van der Waals surface area contributed by atoms with Crippen molar-refractivity contribution in [1.29, 1.82) is 0 Å². The molecule has 0 aliphatic rings. The highest BCUT2D eigenvalue weighted by Gasteiger charge is 2.05. The Bertz CT molecular complexity index is 666. The number of carbonyl (C=O) groups excluding carboxylic acids is 1. The van der Waals surface area contributed by atoms with Gasteiger partial charge >= 0.3 is 5.97 Å². The van der Waals surface area contributed by atoms with Gasteiger partial charge in [0.05, 0.1) is 0 Å². The van der Waals surface area contributed by atoms with E-state index >= 15 is 0 Å². The first kappa shape index (κ1) is 17.9. The Balaban J connectivity index is 1.69. The first-order chi connectivity index (χ1) is 11.4. The lowest BCUT2D eigenvalue weighted by Gasteiger charge is -2.10. The number of hydrogen-bond acceptors (Lipinski definition) is 4. The highest BCUT2D eigenvalue weighted by Crippen LogP contribution is 2.17. The molecule has 0 saturated carbocycles. The Hall–Kier alpha value is -2.49. The number of aryl methyl sites for hydroxylation is 4. The summed E-state index contributed by atoms with van der Waals surface area (Å²) in [6.07, 6.45) is 0. The molecule has 0 unspecified atom stereocenters. The molecule has 4 nitrogen and oxygen atoms in total. The van der Waals surface area contributed by atoms with Crippen LogP contribution in [0.25, 0.3) is 0 Å². The molecule has 0 aromatic heterocycles. The molecule has 4 heteroatoms. The smallest absolute Gasteiger partial charge is 0.344 e. The first-order valence-corrected chi connectivity index (χ1v) is 8.00. The molecule has 0 saturated heterocycles. The van der Waals surface area contributed by atoms with Gasteiger partial charge in [-0.3, -0.25) is 0 Å². The summed E-state index contributed by atoms with van der Waals surface area (Å²) in [7, 11) is 0. The van der Waals surface area contributed by atoms with Gasteiger partial charge in [0.15, 0.2) is 6.61 Å². The molecule has 0 amide bonds. The molecule has 0 fully saturated rings. The summed E-state index contributed by atoms with van der Waals surface area (Å²) in [5.74, 6) is 1.06. The van der Waals surface area contributed by atoms with Gasteiger partial charge in [0.25, 0.3) is 0 Å². The Labute approximate surface area is 143 Å². The second kappa shape index (κ2) is 8.39. The van der Waals surface area contributed by atoms with Gasteiger partial charge in [0, 0.05) is 0 Å². The van der Waals surface area contributed by atoms with Crippen molar-refractivity contribution in [2.24, 2.45) is 0 Å². The molecule has 0 spiro atoms. The van der Waals surface area contributed by atoms with Crippen LogP contribution in [0.1, 0.15) is 22.3 Å². The maximum Gasteiger partial charge on any atom is 0.344 e. The highest BCUT2D eigenvalue weighted by atomic mass is 16.6. The van der Waals surface area contributed by atoms with Crippen LogP contribution in [-0.2, 0) is 9.53 Å². The molecular weight excluding hydrogens is 304 g/mol. The van der Waals surface area contributed by atoms with Crippen molar-refractivity contribution in [2.75, 3.05) is 19.8 Å². The van der Waals surface area contributed by atoms with Crippen LogP contribution in [0.3, 0.4) is 0 Å². The zero-order valence-electron chi connectivity index (χ0n) is 14.7. The van der Waals surface area contributed by atoms with Crippen molar-refractivity contribution in [3.63, 3.8) is 0 Å². The zero-order chi connectivity index (χ0) is 17.5. The summed E-state index contributed by atoms with van der Waals surface area (Å²) in [6.45, 7) is 8.42. The van der Waals surface area contributed by atoms with E-state index in [1.807, 2.05) is 52.0 Å². The molecule has 2 rings (SSSR count). The maximum atomic E-state index is 11.7. The van der Waals surface area contributed by atoms with Gasteiger partial charge < -0.3 is 14.2 Å². The molecule has 2 aromatic carbocycles. The van der Waals surface area contributed by atoms with Gasteiger partial charge in [-0.2, -0.15) is 0 Å². The average molecular weight is 328 g/mol. The summed E-state index contributed by atoms with van der Waals surface area (Å²) in [5.41, 5.74) is 4.48. The van der Waals surface area contributed by atoms with Crippen LogP contribution < -0.4 is 9.47 Å². The van der Waals surface area contributed by atoms with E-state index in [1.54, 1.807) is 0 Å². The topological polar surface area (TPSA) is 44.8 Å². The second-order valence-electron chi connectivity index (χ2n) is 6.00. The molecule has 0 bridgehead atoms. The molecule has 2 aromatic rings. The van der Waals surface area contributed by atoms with Crippen LogP contribution >= 0.6 is 0 Å². The molecule has 0 aliphatic heterocycles. The number of ether oxygens (including phenoxy) is 3. The Morgan fingerprint density at radius 2 is 1.17 bits per heavy atom. The average Bonchev–Trinajstić information content (AvgIpc) is 2.48. The number of benzene rings is 2. The largest absolute Gasteiger partial charge is 0.490 e. The Kier molecular flexibility index (Phi) is 6.24. The van der Waals surface area contributed by atoms with Gasteiger partial charge in [-0.05, 0) is 74.2 Å². The standard InChI is InChI=1S/C20H24O4/c1-14-7-15(2)10-18(9-14)22-5-6-23-20(21)13-24-19-11-16(3)8-17(4)12-19/h7-12H,5-6,13H2,1-4H3. The van der Waals surface area contributed by atoms with Gasteiger partial charge in [0.1, 0.15) is 24.7 Å². The zero-order valence-corrected chi connectivity index (χ0v) is 14.7. The number of hydrogen-bond donors (Lipinski definition) is 0. The predicted octanol–water partition coefficient (Wildman–Crippen LogP) is 3.92. The van der Waals surface area contributed by atoms with Gasteiger partial charge in [-0.15, -0.1) is 0 Å². The van der Waals surface area contributed by atoms with Crippen LogP contribution in [0.2, 0.25) is 0 Å². The predicted molar refractivity (Wildman–Crippen MR) is 93.8 cm³/mol. The van der Waals surface area contributed by atoms with Crippen molar-refractivity contribution < 1.29 is 19.0 Å². The van der Waals surface area contributed by atoms with Crippen LogP contribution in [0.15, 0.2) is 36.4 Å². The molecule has 24 heavy (non-hydrogen) atoms. The molecule has 0 aliphatic carbocycles. The minimum atomic E-state index is -0.404. The van der Waals surface area contributed by atoms with Crippen molar-refractivity contribution in [3.8, 4) is 11.5 Å². The second-order valence-corrected chi connectivity index (χ2v) is 6.00. The van der Waals surface area contributed by atoms with Crippen molar-refractivity contribution in [2.45, 2.75) is 27.7 Å². The van der Waals surface area contributed by atoms with Crippen molar-refractivity contribution in [3.05, 3.63) is 58.7 Å². The lowest BCUT2D eigenvalue weighted by Crippen LogP contribution is -2.18. The van der Waals surface area contributed by atoms with E-state index in [4.69, 9.17) is 14.2 Å². The van der Waals surface area contributed by atoms with E-state index in [0.29, 0.717) is 12.4 Å². The fraction of sp³-hybridized carbons (Fsp3) is 0.350. The van der Waals surface area contributed by atoms with E-state index in [9.17, 15) is 4.79 Å². The monoisotopic (exact) mass is 328 g/mol. The van der Waals surface area contributed by atoms with Crippen molar-refractivity contribution in [1.82, 2.24) is 0 Å². The molecule has 128 valence electrons. The number of rotatable bonds is 7. The third kappa shape index (κ3) is 5.95. The third-order valence-corrected chi connectivity index (χ3v) is 3.36. The first-order valence-electron chi connectivity index (χ1n) is 8.00. The fourth-order valence-electron chi connectivity index (χ4n) is 2.53. The Morgan fingerprint density at radius 3 is 1.67 bits per heavy atom. The van der Waals surface area contributed by atoms with E-state index in [-0.39, 0.29) is 13.2 Å². The summed E-state index contributed by atoms with van der Waals surface area (Å²) in [5, 5.41) is 0. The van der Waals surface area contributed by atoms with Crippen LogP contribution in [0.4, 0.5) is 0 Å². The molecule has 0 atom stereocenters. The van der Waals surface area contributed by atoms with E-state index < -0.39 is 5.97 Å². The van der Waals surface area contributed by atoms with Crippen LogP contribution in [0.5, 0.6) is 11.5 Å². The summed E-state index contributed by atoms with van der Waals surface area (Å²) in [6, 6.07) is 11.8. The van der Waals surface area contributed by atoms with Gasteiger partial charge in [-0.1, -0.05) is 12.1 Å². The summed E-state index contributed by atoms with van der Waals surface area (Å²) < 4.78 is 16.2. The van der Waals surface area contributed by atoms with Gasteiger partial charge in [-0.25, -0.2) is 4.79 Å². The lowest BCUT2D eigenvalue weighted by atomic mass is 10.1. The van der Waals surface area contributed by atoms with Gasteiger partial charge in [0.2, 0.25) is 0 Å². The summed E-state index contributed by atoms with van der Waals surface area (Å²) >= 11 is 0. The Morgan fingerprint density at radius 1 is 0.708 bits per heavy atom. The van der Waals surface area contributed by atoms with Crippen LogP contribution in [0, 0.1) is 27.7 Å². The minimum Gasteiger partial charge on any atom is -0.490 e. The lowest BCUT2D eigenvalue weighted by molar-refractivity contribution is -0.146. The highest BCUT2D eigenvalue weighted by molar-refractivity contribution is 5.71. The molecule has 0 N–H and O–H groups in total. The van der Waals surface area contributed by atoms with E-state index in [2.05, 4.69) is 12.1 Å². The fourth-order valence-corrected chi connectivity index (χ4v) is 2.53. The number of carbonyl (C=O) groups is 1. The van der Waals surface area contributed by atoms with E-state index in [1.165, 1.54) is 0 Å². The number of esters is 1.